The highest BCUT2D eigenvalue weighted by Crippen LogP contribution is 2.34. The predicted molar refractivity (Wildman–Crippen MR) is 124 cm³/mol. The van der Waals surface area contributed by atoms with Gasteiger partial charge < -0.3 is 4.57 Å². The van der Waals surface area contributed by atoms with E-state index in [-0.39, 0.29) is 0 Å². The Kier molecular flexibility index (Phi) is 5.27. The number of fused-ring (bicyclic) bond motifs is 1. The van der Waals surface area contributed by atoms with E-state index < -0.39 is 0 Å². The van der Waals surface area contributed by atoms with Gasteiger partial charge in [0.05, 0.1) is 17.4 Å². The lowest BCUT2D eigenvalue weighted by atomic mass is 9.92. The number of hydrogen-bond donors (Lipinski definition) is 0. The van der Waals surface area contributed by atoms with E-state index in [1.54, 1.807) is 0 Å². The molecule has 0 saturated carbocycles. The minimum atomic E-state index is 0.545. The van der Waals surface area contributed by atoms with Crippen molar-refractivity contribution in [2.75, 3.05) is 0 Å². The molecule has 2 aromatic carbocycles. The van der Waals surface area contributed by atoms with Crippen LogP contribution in [0.25, 0.3) is 27.8 Å². The summed E-state index contributed by atoms with van der Waals surface area (Å²) in [5.41, 5.74) is 10.2. The van der Waals surface area contributed by atoms with Gasteiger partial charge in [-0.2, -0.15) is 0 Å². The van der Waals surface area contributed by atoms with E-state index in [2.05, 4.69) is 93.9 Å². The van der Waals surface area contributed by atoms with Crippen molar-refractivity contribution in [3.63, 3.8) is 0 Å². The smallest absolute Gasteiger partial charge is 0.0744 e. The van der Waals surface area contributed by atoms with Crippen molar-refractivity contribution >= 4 is 10.9 Å². The monoisotopic (exact) mass is 382 g/mol. The number of rotatable bonds is 5. The molecule has 2 heteroatoms. The van der Waals surface area contributed by atoms with Crippen molar-refractivity contribution in [1.29, 1.82) is 0 Å². The molecule has 2 nitrogen and oxygen atoms in total. The third-order valence-corrected chi connectivity index (χ3v) is 6.07. The van der Waals surface area contributed by atoms with Gasteiger partial charge in [-0.15, -0.1) is 0 Å². The fourth-order valence-electron chi connectivity index (χ4n) is 4.29. The highest BCUT2D eigenvalue weighted by molar-refractivity contribution is 5.90. The van der Waals surface area contributed by atoms with Crippen LogP contribution in [0, 0.1) is 6.92 Å². The number of nitrogens with zero attached hydrogens (tertiary/aromatic N) is 2. The van der Waals surface area contributed by atoms with Crippen LogP contribution < -0.4 is 0 Å². The molecule has 0 amide bonds. The largest absolute Gasteiger partial charge is 0.315 e. The van der Waals surface area contributed by atoms with Gasteiger partial charge in [0.25, 0.3) is 0 Å². The van der Waals surface area contributed by atoms with Gasteiger partial charge in [-0.25, -0.2) is 0 Å². The minimum absolute atomic E-state index is 0.545. The van der Waals surface area contributed by atoms with Crippen LogP contribution in [-0.4, -0.2) is 9.55 Å². The number of benzene rings is 2. The van der Waals surface area contributed by atoms with E-state index in [1.807, 2.05) is 6.20 Å². The maximum absolute atomic E-state index is 4.98. The van der Waals surface area contributed by atoms with Crippen LogP contribution in [0.3, 0.4) is 0 Å². The van der Waals surface area contributed by atoms with Crippen LogP contribution in [0.5, 0.6) is 0 Å². The quantitative estimate of drug-likeness (QED) is 0.355. The molecule has 0 unspecified atom stereocenters. The number of aromatic nitrogens is 2. The molecule has 0 saturated heterocycles. The molecular weight excluding hydrogens is 352 g/mol. The summed E-state index contributed by atoms with van der Waals surface area (Å²) in [6, 6.07) is 17.7. The van der Waals surface area contributed by atoms with Gasteiger partial charge in [0.15, 0.2) is 0 Å². The Morgan fingerprint density at radius 1 is 0.897 bits per heavy atom. The zero-order valence-corrected chi connectivity index (χ0v) is 18.2. The molecule has 4 aromatic rings. The zero-order valence-electron chi connectivity index (χ0n) is 18.2. The molecule has 0 radical (unpaired) electrons. The Labute approximate surface area is 174 Å². The van der Waals surface area contributed by atoms with Gasteiger partial charge in [0.1, 0.15) is 0 Å². The molecule has 29 heavy (non-hydrogen) atoms. The average molecular weight is 383 g/mol. The Bertz CT molecular complexity index is 1130. The molecule has 0 aliphatic rings. The number of hydrogen-bond acceptors (Lipinski definition) is 1. The predicted octanol–water partition coefficient (Wildman–Crippen LogP) is 7.25. The van der Waals surface area contributed by atoms with Gasteiger partial charge in [0, 0.05) is 22.8 Å². The summed E-state index contributed by atoms with van der Waals surface area (Å²) >= 11 is 0. The molecule has 148 valence electrons. The standard InChI is InChI=1S/C27H30N2/c1-6-20-9-8-10-21(7-2)26(20)27-19(5)24-15-16-29(25(24)17-28-27)23-13-11-22(12-14-23)18(3)4/h8-18H,6-7H2,1-5H3. The first-order valence-corrected chi connectivity index (χ1v) is 10.7. The molecule has 0 aliphatic heterocycles. The Morgan fingerprint density at radius 3 is 2.14 bits per heavy atom. The van der Waals surface area contributed by atoms with E-state index in [4.69, 9.17) is 4.98 Å². The van der Waals surface area contributed by atoms with Crippen LogP contribution in [-0.2, 0) is 12.8 Å². The summed E-state index contributed by atoms with van der Waals surface area (Å²) in [7, 11) is 0. The van der Waals surface area contributed by atoms with Gasteiger partial charge >= 0.3 is 0 Å². The summed E-state index contributed by atoms with van der Waals surface area (Å²) in [5.74, 6) is 0.545. The first-order valence-electron chi connectivity index (χ1n) is 10.7. The van der Waals surface area contributed by atoms with Crippen molar-refractivity contribution in [1.82, 2.24) is 9.55 Å². The van der Waals surface area contributed by atoms with Crippen LogP contribution >= 0.6 is 0 Å². The molecule has 4 rings (SSSR count). The summed E-state index contributed by atoms with van der Waals surface area (Å²) in [6.07, 6.45) is 6.25. The molecule has 0 atom stereocenters. The van der Waals surface area contributed by atoms with Crippen LogP contribution in [0.2, 0.25) is 0 Å². The second-order valence-electron chi connectivity index (χ2n) is 8.12. The Morgan fingerprint density at radius 2 is 1.55 bits per heavy atom. The van der Waals surface area contributed by atoms with Crippen molar-refractivity contribution in [2.24, 2.45) is 0 Å². The number of aryl methyl sites for hydroxylation is 3. The maximum atomic E-state index is 4.98. The lowest BCUT2D eigenvalue weighted by Gasteiger charge is -2.16. The fourth-order valence-corrected chi connectivity index (χ4v) is 4.29. The molecular formula is C27H30N2. The second kappa shape index (κ2) is 7.87. The van der Waals surface area contributed by atoms with Crippen molar-refractivity contribution < 1.29 is 0 Å². The van der Waals surface area contributed by atoms with Gasteiger partial charge in [-0.3, -0.25) is 4.98 Å². The van der Waals surface area contributed by atoms with Gasteiger partial charge in [-0.1, -0.05) is 58.0 Å². The second-order valence-corrected chi connectivity index (χ2v) is 8.12. The normalized spacial score (nSPS) is 11.5. The summed E-state index contributed by atoms with van der Waals surface area (Å²) in [4.78, 5) is 4.98. The minimum Gasteiger partial charge on any atom is -0.315 e. The van der Waals surface area contributed by atoms with Crippen molar-refractivity contribution in [2.45, 2.75) is 53.4 Å². The maximum Gasteiger partial charge on any atom is 0.0744 e. The molecule has 0 aliphatic carbocycles. The summed E-state index contributed by atoms with van der Waals surface area (Å²) in [5, 5.41) is 1.27. The Hall–Kier alpha value is -2.87. The molecule has 0 N–H and O–H groups in total. The third-order valence-electron chi connectivity index (χ3n) is 6.07. The van der Waals surface area contributed by atoms with E-state index in [9.17, 15) is 0 Å². The SMILES string of the molecule is CCc1cccc(CC)c1-c1ncc2c(ccn2-c2ccc(C(C)C)cc2)c1C. The van der Waals surface area contributed by atoms with Crippen LogP contribution in [0.15, 0.2) is 60.9 Å². The highest BCUT2D eigenvalue weighted by Gasteiger charge is 2.16. The first-order chi connectivity index (χ1) is 14.0. The molecule has 0 fully saturated rings. The molecule has 2 aromatic heterocycles. The lowest BCUT2D eigenvalue weighted by molar-refractivity contribution is 0.865. The van der Waals surface area contributed by atoms with E-state index in [1.165, 1.54) is 38.9 Å². The van der Waals surface area contributed by atoms with Crippen LogP contribution in [0.1, 0.15) is 55.9 Å². The Balaban J connectivity index is 1.86. The van der Waals surface area contributed by atoms with E-state index >= 15 is 0 Å². The molecule has 0 spiro atoms. The van der Waals surface area contributed by atoms with E-state index in [0.717, 1.165) is 24.1 Å². The number of pyridine rings is 1. The summed E-state index contributed by atoms with van der Waals surface area (Å²) < 4.78 is 2.25. The van der Waals surface area contributed by atoms with Crippen LogP contribution in [0.4, 0.5) is 0 Å². The van der Waals surface area contributed by atoms with Crippen molar-refractivity contribution in [3.8, 4) is 16.9 Å². The third kappa shape index (κ3) is 3.37. The topological polar surface area (TPSA) is 17.8 Å². The fraction of sp³-hybridized carbons (Fsp3) is 0.296. The van der Waals surface area contributed by atoms with Crippen molar-refractivity contribution in [3.05, 3.63) is 83.2 Å². The first kappa shape index (κ1) is 19.4. The van der Waals surface area contributed by atoms with Gasteiger partial charge in [-0.05, 0) is 66.1 Å². The summed E-state index contributed by atoms with van der Waals surface area (Å²) in [6.45, 7) is 11.1. The average Bonchev–Trinajstić information content (AvgIpc) is 3.18. The zero-order chi connectivity index (χ0) is 20.5. The molecule has 2 heterocycles. The van der Waals surface area contributed by atoms with Gasteiger partial charge in [0.2, 0.25) is 0 Å². The highest BCUT2D eigenvalue weighted by atomic mass is 15.0. The van der Waals surface area contributed by atoms with E-state index in [0.29, 0.717) is 5.92 Å². The lowest BCUT2D eigenvalue weighted by Crippen LogP contribution is -2.00. The molecule has 0 bridgehead atoms.